The van der Waals surface area contributed by atoms with Crippen LogP contribution in [0.4, 0.5) is 17.1 Å². The fourth-order valence-electron chi connectivity index (χ4n) is 4.31. The average molecular weight is 478 g/mol. The van der Waals surface area contributed by atoms with Crippen molar-refractivity contribution in [2.75, 3.05) is 27.4 Å². The second-order valence-electron chi connectivity index (χ2n) is 7.96. The molecular formula is C25H20ClN3O3S. The van der Waals surface area contributed by atoms with E-state index >= 15 is 0 Å². The Balaban J connectivity index is 1.51. The Bertz CT molecular complexity index is 1280. The van der Waals surface area contributed by atoms with Gasteiger partial charge in [0, 0.05) is 22.0 Å². The number of aryl methyl sites for hydroxylation is 1. The smallest absolute Gasteiger partial charge is 0.269 e. The van der Waals surface area contributed by atoms with Gasteiger partial charge in [0.05, 0.1) is 11.4 Å². The van der Waals surface area contributed by atoms with Crippen LogP contribution in [0.1, 0.15) is 11.1 Å². The van der Waals surface area contributed by atoms with E-state index in [0.29, 0.717) is 27.6 Å². The molecule has 3 aromatic carbocycles. The Kier molecular flexibility index (Phi) is 5.38. The maximum Gasteiger partial charge on any atom is 0.269 e. The van der Waals surface area contributed by atoms with Crippen molar-refractivity contribution in [3.63, 3.8) is 0 Å². The van der Waals surface area contributed by atoms with Crippen LogP contribution < -0.4 is 15.1 Å². The minimum atomic E-state index is -1.28. The van der Waals surface area contributed by atoms with Gasteiger partial charge >= 0.3 is 0 Å². The third kappa shape index (κ3) is 3.57. The molecule has 2 aliphatic rings. The number of hydrogen-bond acceptors (Lipinski definition) is 4. The first-order valence-electron chi connectivity index (χ1n) is 10.4. The highest BCUT2D eigenvalue weighted by Gasteiger charge is 2.61. The molecule has 3 aromatic rings. The highest BCUT2D eigenvalue weighted by Crippen LogP contribution is 2.55. The fraction of sp³-hybridized carbons (Fsp3) is 0.160. The molecule has 1 saturated heterocycles. The van der Waals surface area contributed by atoms with E-state index in [2.05, 4.69) is 5.32 Å². The van der Waals surface area contributed by atoms with Crippen molar-refractivity contribution in [3.8, 4) is 0 Å². The molecule has 2 aliphatic heterocycles. The van der Waals surface area contributed by atoms with Gasteiger partial charge in [0.15, 0.2) is 0 Å². The van der Waals surface area contributed by atoms with Crippen molar-refractivity contribution >= 4 is 58.1 Å². The Morgan fingerprint density at radius 1 is 1.06 bits per heavy atom. The summed E-state index contributed by atoms with van der Waals surface area (Å²) in [6.07, 6.45) is 0. The number of amides is 3. The van der Waals surface area contributed by atoms with E-state index in [1.54, 1.807) is 30.3 Å². The van der Waals surface area contributed by atoms with Crippen molar-refractivity contribution in [2.24, 2.45) is 0 Å². The number of thioether (sulfide) groups is 1. The summed E-state index contributed by atoms with van der Waals surface area (Å²) in [6.45, 7) is 1.81. The van der Waals surface area contributed by atoms with Crippen LogP contribution in [-0.2, 0) is 19.3 Å². The summed E-state index contributed by atoms with van der Waals surface area (Å²) in [5, 5.41) is 3.32. The number of rotatable bonds is 4. The van der Waals surface area contributed by atoms with E-state index < -0.39 is 4.87 Å². The van der Waals surface area contributed by atoms with Gasteiger partial charge in [-0.05, 0) is 43.3 Å². The maximum atomic E-state index is 13.9. The Labute approximate surface area is 200 Å². The van der Waals surface area contributed by atoms with Gasteiger partial charge in [-0.3, -0.25) is 24.2 Å². The van der Waals surface area contributed by atoms with Crippen LogP contribution in [0, 0.1) is 6.92 Å². The largest absolute Gasteiger partial charge is 0.325 e. The first-order chi connectivity index (χ1) is 15.9. The number of nitrogens with one attached hydrogen (secondary N) is 1. The minimum Gasteiger partial charge on any atom is -0.325 e. The zero-order valence-corrected chi connectivity index (χ0v) is 19.3. The molecule has 0 saturated carbocycles. The summed E-state index contributed by atoms with van der Waals surface area (Å²) in [4.78, 5) is 41.5. The number of benzene rings is 3. The molecule has 6 nitrogen and oxygen atoms in total. The van der Waals surface area contributed by atoms with Crippen molar-refractivity contribution in [1.82, 2.24) is 0 Å². The van der Waals surface area contributed by atoms with Crippen LogP contribution >= 0.6 is 23.4 Å². The Morgan fingerprint density at radius 2 is 1.82 bits per heavy atom. The number of carbonyl (C=O) groups is 3. The van der Waals surface area contributed by atoms with Crippen LogP contribution in [0.15, 0.2) is 72.8 Å². The molecule has 166 valence electrons. The van der Waals surface area contributed by atoms with E-state index in [-0.39, 0.29) is 30.0 Å². The third-order valence-corrected chi connectivity index (χ3v) is 7.39. The molecule has 33 heavy (non-hydrogen) atoms. The second kappa shape index (κ2) is 8.24. The summed E-state index contributed by atoms with van der Waals surface area (Å²) < 4.78 is 0. The summed E-state index contributed by atoms with van der Waals surface area (Å²) in [7, 11) is 0. The molecule has 1 spiro atoms. The SMILES string of the molecule is Cc1ccc(NC(=O)CN2C(=O)[C@@]3(SCC(=O)N3c3cccc(Cl)c3)c3ccccc32)cc1. The number of fused-ring (bicyclic) bond motifs is 2. The second-order valence-corrected chi connectivity index (χ2v) is 9.57. The van der Waals surface area contributed by atoms with Gasteiger partial charge < -0.3 is 5.32 Å². The molecule has 1 N–H and O–H groups in total. The lowest BCUT2D eigenvalue weighted by molar-refractivity contribution is -0.124. The van der Waals surface area contributed by atoms with Crippen molar-refractivity contribution in [2.45, 2.75) is 11.8 Å². The Morgan fingerprint density at radius 3 is 2.58 bits per heavy atom. The zero-order chi connectivity index (χ0) is 23.2. The van der Waals surface area contributed by atoms with Gasteiger partial charge in [0.1, 0.15) is 6.54 Å². The molecule has 1 atom stereocenters. The number of halogens is 1. The molecule has 3 amide bonds. The van der Waals surface area contributed by atoms with Crippen molar-refractivity contribution in [1.29, 1.82) is 0 Å². The number of anilines is 3. The van der Waals surface area contributed by atoms with Crippen LogP contribution in [-0.4, -0.2) is 30.0 Å². The lowest BCUT2D eigenvalue weighted by Crippen LogP contribution is -2.50. The van der Waals surface area contributed by atoms with Crippen LogP contribution in [0.25, 0.3) is 0 Å². The van der Waals surface area contributed by atoms with Crippen LogP contribution in [0.5, 0.6) is 0 Å². The molecule has 2 heterocycles. The monoisotopic (exact) mass is 477 g/mol. The molecule has 0 unspecified atom stereocenters. The molecule has 0 radical (unpaired) electrons. The van der Waals surface area contributed by atoms with E-state index in [1.807, 2.05) is 49.4 Å². The standard InChI is InChI=1S/C25H20ClN3O3S/c1-16-9-11-18(12-10-16)27-22(30)14-28-21-8-3-2-7-20(21)25(24(28)32)29(23(31)15-33-25)19-6-4-5-17(26)13-19/h2-13H,14-15H2,1H3,(H,27,30)/t25-/m0/s1. The molecule has 0 bridgehead atoms. The van der Waals surface area contributed by atoms with Crippen LogP contribution in [0.2, 0.25) is 5.02 Å². The normalized spacial score (nSPS) is 19.3. The molecule has 8 heteroatoms. The highest BCUT2D eigenvalue weighted by atomic mass is 35.5. The molecule has 0 aromatic heterocycles. The van der Waals surface area contributed by atoms with Gasteiger partial charge in [0.2, 0.25) is 16.7 Å². The van der Waals surface area contributed by atoms with E-state index in [9.17, 15) is 14.4 Å². The number of carbonyl (C=O) groups excluding carboxylic acids is 3. The number of hydrogen-bond donors (Lipinski definition) is 1. The molecule has 0 aliphatic carbocycles. The van der Waals surface area contributed by atoms with Crippen LogP contribution in [0.3, 0.4) is 0 Å². The first kappa shape index (κ1) is 21.6. The summed E-state index contributed by atoms with van der Waals surface area (Å²) in [5.74, 6) is -0.673. The van der Waals surface area contributed by atoms with E-state index in [0.717, 1.165) is 5.56 Å². The van der Waals surface area contributed by atoms with Crippen molar-refractivity contribution < 1.29 is 14.4 Å². The molecule has 5 rings (SSSR count). The first-order valence-corrected chi connectivity index (χ1v) is 11.8. The predicted octanol–water partition coefficient (Wildman–Crippen LogP) is 4.57. The molecular weight excluding hydrogens is 458 g/mol. The number of para-hydroxylation sites is 1. The van der Waals surface area contributed by atoms with E-state index in [4.69, 9.17) is 11.6 Å². The van der Waals surface area contributed by atoms with Gasteiger partial charge in [-0.2, -0.15) is 0 Å². The fourth-order valence-corrected chi connectivity index (χ4v) is 5.85. The van der Waals surface area contributed by atoms with Gasteiger partial charge in [-0.1, -0.05) is 53.6 Å². The lowest BCUT2D eigenvalue weighted by Gasteiger charge is -2.33. The van der Waals surface area contributed by atoms with Gasteiger partial charge in [0.25, 0.3) is 5.91 Å². The van der Waals surface area contributed by atoms with Crippen molar-refractivity contribution in [3.05, 3.63) is 88.9 Å². The average Bonchev–Trinajstić information content (AvgIpc) is 3.26. The van der Waals surface area contributed by atoms with Gasteiger partial charge in [-0.25, -0.2) is 0 Å². The highest BCUT2D eigenvalue weighted by molar-refractivity contribution is 8.02. The summed E-state index contributed by atoms with van der Waals surface area (Å²) >= 11 is 7.46. The third-order valence-electron chi connectivity index (χ3n) is 5.77. The maximum absolute atomic E-state index is 13.9. The number of nitrogens with zero attached hydrogens (tertiary/aromatic N) is 2. The Hall–Kier alpha value is -3.29. The zero-order valence-electron chi connectivity index (χ0n) is 17.7. The summed E-state index contributed by atoms with van der Waals surface area (Å²) in [5.41, 5.74) is 3.60. The van der Waals surface area contributed by atoms with E-state index in [1.165, 1.54) is 21.6 Å². The molecule has 1 fully saturated rings. The quantitative estimate of drug-likeness (QED) is 0.597. The predicted molar refractivity (Wildman–Crippen MR) is 132 cm³/mol. The minimum absolute atomic E-state index is 0.149. The lowest BCUT2D eigenvalue weighted by atomic mass is 10.0. The summed E-state index contributed by atoms with van der Waals surface area (Å²) in [6, 6.07) is 21.7. The van der Waals surface area contributed by atoms with Gasteiger partial charge in [-0.15, -0.1) is 11.8 Å². The topological polar surface area (TPSA) is 69.7 Å².